The third kappa shape index (κ3) is 4.42. The molecule has 1 saturated heterocycles. The molecule has 0 aromatic carbocycles. The van der Waals surface area contributed by atoms with Gasteiger partial charge >= 0.3 is 6.03 Å². The van der Waals surface area contributed by atoms with Gasteiger partial charge in [0.25, 0.3) is 0 Å². The van der Waals surface area contributed by atoms with Crippen LogP contribution in [0.4, 0.5) is 4.79 Å². The Morgan fingerprint density at radius 2 is 1.75 bits per heavy atom. The maximum absolute atomic E-state index is 11.9. The van der Waals surface area contributed by atoms with Gasteiger partial charge in [-0.1, -0.05) is 33.6 Å². The van der Waals surface area contributed by atoms with E-state index in [1.165, 1.54) is 12.8 Å². The largest absolute Gasteiger partial charge is 0.337 e. The van der Waals surface area contributed by atoms with Gasteiger partial charge in [0.2, 0.25) is 0 Å². The molecule has 1 aliphatic rings. The second-order valence-electron chi connectivity index (χ2n) is 5.58. The minimum atomic E-state index is 0.128. The van der Waals surface area contributed by atoms with Crippen molar-refractivity contribution in [1.29, 1.82) is 0 Å². The monoisotopic (exact) mass is 226 g/mol. The van der Waals surface area contributed by atoms with Crippen molar-refractivity contribution >= 4 is 6.03 Å². The highest BCUT2D eigenvalue weighted by Crippen LogP contribution is 2.18. The zero-order valence-corrected chi connectivity index (χ0v) is 11.0. The van der Waals surface area contributed by atoms with Gasteiger partial charge in [-0.15, -0.1) is 0 Å². The molecule has 3 heteroatoms. The molecule has 0 radical (unpaired) electrons. The summed E-state index contributed by atoms with van der Waals surface area (Å²) in [6, 6.07) is 0.128. The third-order valence-corrected chi connectivity index (χ3v) is 3.57. The van der Waals surface area contributed by atoms with Crippen molar-refractivity contribution in [3.05, 3.63) is 0 Å². The highest BCUT2D eigenvalue weighted by Gasteiger charge is 2.19. The summed E-state index contributed by atoms with van der Waals surface area (Å²) < 4.78 is 0. The van der Waals surface area contributed by atoms with Crippen LogP contribution in [0.1, 0.15) is 52.9 Å². The van der Waals surface area contributed by atoms with Gasteiger partial charge < -0.3 is 10.2 Å². The van der Waals surface area contributed by atoms with E-state index in [1.807, 2.05) is 4.90 Å². The summed E-state index contributed by atoms with van der Waals surface area (Å²) in [4.78, 5) is 13.9. The number of nitrogens with zero attached hydrogens (tertiary/aromatic N) is 1. The zero-order valence-electron chi connectivity index (χ0n) is 11.0. The summed E-state index contributed by atoms with van der Waals surface area (Å²) in [5.74, 6) is 0. The number of likely N-dealkylation sites (tertiary alicyclic amines) is 1. The van der Waals surface area contributed by atoms with Crippen molar-refractivity contribution < 1.29 is 4.79 Å². The molecular weight excluding hydrogens is 200 g/mol. The molecule has 0 aromatic heterocycles. The first-order valence-electron chi connectivity index (χ1n) is 6.58. The van der Waals surface area contributed by atoms with E-state index in [2.05, 4.69) is 26.1 Å². The number of hydrogen-bond donors (Lipinski definition) is 1. The van der Waals surface area contributed by atoms with E-state index in [-0.39, 0.29) is 11.4 Å². The van der Waals surface area contributed by atoms with Gasteiger partial charge in [-0.25, -0.2) is 4.79 Å². The molecule has 16 heavy (non-hydrogen) atoms. The molecule has 1 N–H and O–H groups in total. The summed E-state index contributed by atoms with van der Waals surface area (Å²) in [6.45, 7) is 9.18. The van der Waals surface area contributed by atoms with E-state index in [4.69, 9.17) is 0 Å². The lowest BCUT2D eigenvalue weighted by atomic mass is 9.90. The van der Waals surface area contributed by atoms with Gasteiger partial charge in [-0.3, -0.25) is 0 Å². The topological polar surface area (TPSA) is 32.3 Å². The summed E-state index contributed by atoms with van der Waals surface area (Å²) in [5, 5.41) is 3.06. The Labute approximate surface area is 99.6 Å². The summed E-state index contributed by atoms with van der Waals surface area (Å²) >= 11 is 0. The Hall–Kier alpha value is -0.730. The van der Waals surface area contributed by atoms with Crippen LogP contribution in [0.5, 0.6) is 0 Å². The molecule has 0 spiro atoms. The maximum atomic E-state index is 11.9. The van der Waals surface area contributed by atoms with Gasteiger partial charge in [-0.2, -0.15) is 0 Å². The molecule has 1 fully saturated rings. The molecule has 0 aromatic rings. The Balaban J connectivity index is 2.33. The van der Waals surface area contributed by atoms with Crippen molar-refractivity contribution in [2.45, 2.75) is 52.9 Å². The average molecular weight is 226 g/mol. The lowest BCUT2D eigenvalue weighted by molar-refractivity contribution is 0.193. The van der Waals surface area contributed by atoms with Crippen LogP contribution in [0, 0.1) is 5.41 Å². The predicted molar refractivity (Wildman–Crippen MR) is 67.5 cm³/mol. The number of hydrogen-bond acceptors (Lipinski definition) is 1. The van der Waals surface area contributed by atoms with Crippen LogP contribution in [-0.2, 0) is 0 Å². The Morgan fingerprint density at radius 1 is 1.19 bits per heavy atom. The number of rotatable bonds is 3. The van der Waals surface area contributed by atoms with Crippen molar-refractivity contribution in [2.75, 3.05) is 19.6 Å². The first-order chi connectivity index (χ1) is 7.55. The molecule has 2 amide bonds. The van der Waals surface area contributed by atoms with Gasteiger partial charge in [0, 0.05) is 19.6 Å². The quantitative estimate of drug-likeness (QED) is 0.788. The number of nitrogens with one attached hydrogen (secondary N) is 1. The van der Waals surface area contributed by atoms with Gasteiger partial charge in [0.05, 0.1) is 0 Å². The Kier molecular flexibility index (Phi) is 5.10. The fourth-order valence-electron chi connectivity index (χ4n) is 1.83. The summed E-state index contributed by atoms with van der Waals surface area (Å²) in [6.07, 6.45) is 5.94. The predicted octanol–water partition coefficient (Wildman–Crippen LogP) is 3.01. The van der Waals surface area contributed by atoms with Crippen LogP contribution in [0.25, 0.3) is 0 Å². The highest BCUT2D eigenvalue weighted by atomic mass is 16.2. The molecule has 1 aliphatic heterocycles. The number of amides is 2. The van der Waals surface area contributed by atoms with E-state index in [0.717, 1.165) is 38.9 Å². The van der Waals surface area contributed by atoms with Crippen molar-refractivity contribution in [1.82, 2.24) is 10.2 Å². The van der Waals surface area contributed by atoms with Gasteiger partial charge in [0.1, 0.15) is 0 Å². The van der Waals surface area contributed by atoms with E-state index in [9.17, 15) is 4.79 Å². The van der Waals surface area contributed by atoms with E-state index in [0.29, 0.717) is 0 Å². The Morgan fingerprint density at radius 3 is 2.25 bits per heavy atom. The number of carbonyl (C=O) groups excluding carboxylic acids is 1. The van der Waals surface area contributed by atoms with Gasteiger partial charge in [-0.05, 0) is 24.7 Å². The molecule has 0 saturated carbocycles. The van der Waals surface area contributed by atoms with Crippen LogP contribution >= 0.6 is 0 Å². The van der Waals surface area contributed by atoms with E-state index < -0.39 is 0 Å². The molecule has 3 nitrogen and oxygen atoms in total. The average Bonchev–Trinajstić information content (AvgIpc) is 2.54. The lowest BCUT2D eigenvalue weighted by Gasteiger charge is -2.26. The molecule has 0 bridgehead atoms. The summed E-state index contributed by atoms with van der Waals surface area (Å²) in [5.41, 5.74) is 0.210. The van der Waals surface area contributed by atoms with Crippen molar-refractivity contribution in [2.24, 2.45) is 5.41 Å². The van der Waals surface area contributed by atoms with Crippen LogP contribution in [0.3, 0.4) is 0 Å². The second kappa shape index (κ2) is 6.12. The molecular formula is C13H26N2O. The smallest absolute Gasteiger partial charge is 0.317 e. The first-order valence-corrected chi connectivity index (χ1v) is 6.58. The second-order valence-corrected chi connectivity index (χ2v) is 5.58. The molecule has 0 unspecified atom stereocenters. The molecule has 0 atom stereocenters. The van der Waals surface area contributed by atoms with E-state index in [1.54, 1.807) is 0 Å². The standard InChI is InChI=1S/C13H26N2O/c1-4-13(2,3)11-14-12(16)15-9-7-5-6-8-10-15/h4-11H2,1-3H3,(H,14,16). The number of carbonyl (C=O) groups is 1. The number of urea groups is 1. The minimum Gasteiger partial charge on any atom is -0.337 e. The van der Waals surface area contributed by atoms with Crippen LogP contribution in [0.15, 0.2) is 0 Å². The minimum absolute atomic E-state index is 0.128. The molecule has 94 valence electrons. The first kappa shape index (κ1) is 13.3. The van der Waals surface area contributed by atoms with Crippen molar-refractivity contribution in [3.63, 3.8) is 0 Å². The van der Waals surface area contributed by atoms with Crippen LogP contribution < -0.4 is 5.32 Å². The maximum Gasteiger partial charge on any atom is 0.317 e. The lowest BCUT2D eigenvalue weighted by Crippen LogP contribution is -2.43. The summed E-state index contributed by atoms with van der Waals surface area (Å²) in [7, 11) is 0. The van der Waals surface area contributed by atoms with E-state index >= 15 is 0 Å². The van der Waals surface area contributed by atoms with Crippen LogP contribution in [-0.4, -0.2) is 30.6 Å². The zero-order chi connectivity index (χ0) is 12.0. The molecule has 1 rings (SSSR count). The molecule has 1 heterocycles. The van der Waals surface area contributed by atoms with Crippen LogP contribution in [0.2, 0.25) is 0 Å². The molecule has 0 aliphatic carbocycles. The fraction of sp³-hybridized carbons (Fsp3) is 0.923. The third-order valence-electron chi connectivity index (χ3n) is 3.57. The van der Waals surface area contributed by atoms with Gasteiger partial charge in [0.15, 0.2) is 0 Å². The Bertz CT molecular complexity index is 218. The highest BCUT2D eigenvalue weighted by molar-refractivity contribution is 5.74. The SMILES string of the molecule is CCC(C)(C)CNC(=O)N1CCCCCC1. The van der Waals surface area contributed by atoms with Crippen molar-refractivity contribution in [3.8, 4) is 0 Å². The normalized spacial score (nSPS) is 18.1. The fourth-order valence-corrected chi connectivity index (χ4v) is 1.83.